The van der Waals surface area contributed by atoms with E-state index in [9.17, 15) is 0 Å². The van der Waals surface area contributed by atoms with Crippen LogP contribution in [0.1, 0.15) is 32.3 Å². The van der Waals surface area contributed by atoms with Crippen molar-refractivity contribution in [3.8, 4) is 0 Å². The maximum Gasteiger partial charge on any atom is 0.0390 e. The van der Waals surface area contributed by atoms with E-state index in [4.69, 9.17) is 0 Å². The minimum Gasteiger partial charge on any atom is -0.385 e. The lowest BCUT2D eigenvalue weighted by Gasteiger charge is -2.11. The summed E-state index contributed by atoms with van der Waals surface area (Å²) in [5.41, 5.74) is 3.77. The Morgan fingerprint density at radius 3 is 2.33 bits per heavy atom. The number of anilines is 2. The Morgan fingerprint density at radius 2 is 1.67 bits per heavy atom. The number of hydrogen-bond acceptors (Lipinski definition) is 2. The van der Waals surface area contributed by atoms with Gasteiger partial charge in [-0.25, -0.2) is 0 Å². The molecule has 0 aliphatic heterocycles. The molecule has 0 unspecified atom stereocenters. The largest absolute Gasteiger partial charge is 0.385 e. The predicted molar refractivity (Wildman–Crippen MR) is 68.7 cm³/mol. The standard InChI is InChI=1S/C13H22N2/c1-4-8-14-12-7-6-11(3)13(10-12)15-9-5-2/h6-7,10,14-15H,4-5,8-9H2,1-3H3. The lowest BCUT2D eigenvalue weighted by atomic mass is 10.1. The fraction of sp³-hybridized carbons (Fsp3) is 0.538. The minimum atomic E-state index is 1.04. The van der Waals surface area contributed by atoms with Crippen LogP contribution in [0, 0.1) is 6.92 Å². The van der Waals surface area contributed by atoms with Crippen molar-refractivity contribution in [1.82, 2.24) is 0 Å². The van der Waals surface area contributed by atoms with Gasteiger partial charge in [-0.1, -0.05) is 19.9 Å². The molecule has 0 fully saturated rings. The quantitative estimate of drug-likeness (QED) is 0.742. The summed E-state index contributed by atoms with van der Waals surface area (Å²) in [5, 5.41) is 6.84. The molecule has 1 rings (SSSR count). The first-order valence-electron chi connectivity index (χ1n) is 5.86. The van der Waals surface area contributed by atoms with Crippen LogP contribution in [0.5, 0.6) is 0 Å². The zero-order valence-corrected chi connectivity index (χ0v) is 10.1. The second-order valence-electron chi connectivity index (χ2n) is 3.88. The molecule has 0 bridgehead atoms. The Labute approximate surface area is 93.1 Å². The number of nitrogens with one attached hydrogen (secondary N) is 2. The van der Waals surface area contributed by atoms with Crippen LogP contribution in [0.25, 0.3) is 0 Å². The van der Waals surface area contributed by atoms with Crippen molar-refractivity contribution in [2.24, 2.45) is 0 Å². The van der Waals surface area contributed by atoms with Crippen LogP contribution < -0.4 is 10.6 Å². The lowest BCUT2D eigenvalue weighted by molar-refractivity contribution is 0.972. The van der Waals surface area contributed by atoms with Crippen molar-refractivity contribution < 1.29 is 0 Å². The second kappa shape index (κ2) is 6.33. The molecule has 1 aromatic rings. The van der Waals surface area contributed by atoms with Crippen LogP contribution in [0.15, 0.2) is 18.2 Å². The fourth-order valence-corrected chi connectivity index (χ4v) is 1.45. The Hall–Kier alpha value is -1.18. The summed E-state index contributed by atoms with van der Waals surface area (Å²) in [7, 11) is 0. The van der Waals surface area contributed by atoms with Crippen molar-refractivity contribution in [1.29, 1.82) is 0 Å². The van der Waals surface area contributed by atoms with Crippen molar-refractivity contribution in [3.63, 3.8) is 0 Å². The molecule has 1 aromatic carbocycles. The van der Waals surface area contributed by atoms with E-state index in [-0.39, 0.29) is 0 Å². The number of rotatable bonds is 6. The van der Waals surface area contributed by atoms with Gasteiger partial charge in [-0.3, -0.25) is 0 Å². The van der Waals surface area contributed by atoms with Crippen LogP contribution in [0.2, 0.25) is 0 Å². The Bertz CT molecular complexity index is 295. The SMILES string of the molecule is CCCNc1ccc(C)c(NCCC)c1. The first kappa shape index (κ1) is 11.9. The average molecular weight is 206 g/mol. The summed E-state index contributed by atoms with van der Waals surface area (Å²) in [5.74, 6) is 0. The number of aryl methyl sites for hydroxylation is 1. The fourth-order valence-electron chi connectivity index (χ4n) is 1.45. The smallest absolute Gasteiger partial charge is 0.0390 e. The Balaban J connectivity index is 2.66. The van der Waals surface area contributed by atoms with Gasteiger partial charge in [0, 0.05) is 24.5 Å². The van der Waals surface area contributed by atoms with Gasteiger partial charge in [-0.15, -0.1) is 0 Å². The first-order valence-corrected chi connectivity index (χ1v) is 5.86. The van der Waals surface area contributed by atoms with E-state index in [1.165, 1.54) is 16.9 Å². The van der Waals surface area contributed by atoms with Gasteiger partial charge >= 0.3 is 0 Å². The first-order chi connectivity index (χ1) is 7.27. The summed E-state index contributed by atoms with van der Waals surface area (Å²) in [6, 6.07) is 6.50. The highest BCUT2D eigenvalue weighted by Crippen LogP contribution is 2.20. The topological polar surface area (TPSA) is 24.1 Å². The van der Waals surface area contributed by atoms with Gasteiger partial charge in [0.1, 0.15) is 0 Å². The molecule has 0 spiro atoms. The van der Waals surface area contributed by atoms with Crippen LogP contribution in [0.4, 0.5) is 11.4 Å². The molecule has 2 nitrogen and oxygen atoms in total. The molecule has 0 atom stereocenters. The van der Waals surface area contributed by atoms with Crippen molar-refractivity contribution in [2.45, 2.75) is 33.6 Å². The molecule has 0 saturated carbocycles. The maximum atomic E-state index is 3.44. The highest BCUT2D eigenvalue weighted by atomic mass is 14.9. The molecule has 0 radical (unpaired) electrons. The van der Waals surface area contributed by atoms with Crippen molar-refractivity contribution >= 4 is 11.4 Å². The van der Waals surface area contributed by atoms with Gasteiger partial charge in [-0.05, 0) is 37.5 Å². The van der Waals surface area contributed by atoms with E-state index >= 15 is 0 Å². The van der Waals surface area contributed by atoms with Crippen LogP contribution in [-0.2, 0) is 0 Å². The number of benzene rings is 1. The lowest BCUT2D eigenvalue weighted by Crippen LogP contribution is -2.04. The summed E-state index contributed by atoms with van der Waals surface area (Å²) in [6.45, 7) is 8.58. The monoisotopic (exact) mass is 206 g/mol. The van der Waals surface area contributed by atoms with E-state index in [2.05, 4.69) is 49.6 Å². The molecular formula is C13H22N2. The molecular weight excluding hydrogens is 184 g/mol. The third-order valence-electron chi connectivity index (χ3n) is 2.38. The third kappa shape index (κ3) is 3.82. The molecule has 0 aliphatic rings. The zero-order chi connectivity index (χ0) is 11.1. The van der Waals surface area contributed by atoms with E-state index in [0.717, 1.165) is 25.9 Å². The van der Waals surface area contributed by atoms with Gasteiger partial charge in [0.2, 0.25) is 0 Å². The molecule has 0 aromatic heterocycles. The predicted octanol–water partition coefficient (Wildman–Crippen LogP) is 3.64. The van der Waals surface area contributed by atoms with E-state index < -0.39 is 0 Å². The minimum absolute atomic E-state index is 1.04. The normalized spacial score (nSPS) is 10.1. The average Bonchev–Trinajstić information content (AvgIpc) is 2.26. The van der Waals surface area contributed by atoms with E-state index in [0.29, 0.717) is 0 Å². The van der Waals surface area contributed by atoms with Crippen LogP contribution >= 0.6 is 0 Å². The summed E-state index contributed by atoms with van der Waals surface area (Å²) >= 11 is 0. The number of hydrogen-bond donors (Lipinski definition) is 2. The van der Waals surface area contributed by atoms with E-state index in [1.807, 2.05) is 0 Å². The van der Waals surface area contributed by atoms with Crippen molar-refractivity contribution in [2.75, 3.05) is 23.7 Å². The van der Waals surface area contributed by atoms with Gasteiger partial charge in [0.05, 0.1) is 0 Å². The third-order valence-corrected chi connectivity index (χ3v) is 2.38. The molecule has 0 aliphatic carbocycles. The zero-order valence-electron chi connectivity index (χ0n) is 10.1. The molecule has 2 N–H and O–H groups in total. The van der Waals surface area contributed by atoms with Gasteiger partial charge in [0.15, 0.2) is 0 Å². The maximum absolute atomic E-state index is 3.44. The van der Waals surface area contributed by atoms with Gasteiger partial charge in [0.25, 0.3) is 0 Å². The van der Waals surface area contributed by atoms with Gasteiger partial charge < -0.3 is 10.6 Å². The molecule has 84 valence electrons. The molecule has 0 amide bonds. The van der Waals surface area contributed by atoms with Gasteiger partial charge in [-0.2, -0.15) is 0 Å². The summed E-state index contributed by atoms with van der Waals surface area (Å²) < 4.78 is 0. The van der Waals surface area contributed by atoms with Crippen LogP contribution in [0.3, 0.4) is 0 Å². The summed E-state index contributed by atoms with van der Waals surface area (Å²) in [4.78, 5) is 0. The molecule has 2 heteroatoms. The second-order valence-corrected chi connectivity index (χ2v) is 3.88. The Kier molecular flexibility index (Phi) is 5.02. The highest BCUT2D eigenvalue weighted by Gasteiger charge is 1.98. The summed E-state index contributed by atoms with van der Waals surface area (Å²) in [6.07, 6.45) is 2.32. The highest BCUT2D eigenvalue weighted by molar-refractivity contribution is 5.61. The molecule has 0 heterocycles. The Morgan fingerprint density at radius 1 is 1.00 bits per heavy atom. The van der Waals surface area contributed by atoms with Crippen molar-refractivity contribution in [3.05, 3.63) is 23.8 Å². The van der Waals surface area contributed by atoms with E-state index in [1.54, 1.807) is 0 Å². The molecule has 0 saturated heterocycles. The van der Waals surface area contributed by atoms with Crippen LogP contribution in [-0.4, -0.2) is 13.1 Å². The molecule has 15 heavy (non-hydrogen) atoms.